The summed E-state index contributed by atoms with van der Waals surface area (Å²) in [4.78, 5) is 0. The number of methoxy groups -OCH3 is 1. The molecule has 0 heterocycles. The predicted molar refractivity (Wildman–Crippen MR) is 98.5 cm³/mol. The topological polar surface area (TPSA) is 42.5 Å². The minimum absolute atomic E-state index is 0.0906. The highest BCUT2D eigenvalue weighted by Crippen LogP contribution is 2.16. The first kappa shape index (κ1) is 17.1. The van der Waals surface area contributed by atoms with E-state index in [0.29, 0.717) is 11.7 Å². The van der Waals surface area contributed by atoms with E-state index in [9.17, 15) is 0 Å². The number of ether oxygens (including phenoxy) is 2. The molecule has 0 saturated heterocycles. The van der Waals surface area contributed by atoms with Crippen molar-refractivity contribution in [2.45, 2.75) is 19.9 Å². The second-order valence-corrected chi connectivity index (χ2v) is 5.71. The molecule has 0 aliphatic rings. The van der Waals surface area contributed by atoms with Gasteiger partial charge in [-0.15, -0.1) is 0 Å². The van der Waals surface area contributed by atoms with Crippen LogP contribution in [0.1, 0.15) is 12.5 Å². The molecule has 1 atom stereocenters. The lowest BCUT2D eigenvalue weighted by atomic mass is 10.2. The zero-order chi connectivity index (χ0) is 16.7. The summed E-state index contributed by atoms with van der Waals surface area (Å²) in [6.07, 6.45) is 0. The number of anilines is 1. The number of rotatable bonds is 6. The fraction of sp³-hybridized carbons (Fsp3) is 0.278. The minimum Gasteiger partial charge on any atom is -0.497 e. The number of thiocarbonyl (C=S) groups is 1. The molecular formula is C18H22N2O2S. The lowest BCUT2D eigenvalue weighted by Gasteiger charge is -2.18. The molecule has 2 N–H and O–H groups in total. The van der Waals surface area contributed by atoms with E-state index in [2.05, 4.69) is 10.6 Å². The Labute approximate surface area is 142 Å². The molecule has 0 bridgehead atoms. The molecule has 2 aromatic rings. The summed E-state index contributed by atoms with van der Waals surface area (Å²) in [7, 11) is 1.64. The molecule has 0 aliphatic heterocycles. The maximum absolute atomic E-state index is 5.81. The molecule has 2 aromatic carbocycles. The molecule has 4 nitrogen and oxygen atoms in total. The van der Waals surface area contributed by atoms with E-state index >= 15 is 0 Å². The van der Waals surface area contributed by atoms with Crippen LogP contribution in [-0.2, 0) is 0 Å². The minimum atomic E-state index is 0.0906. The molecular weight excluding hydrogens is 308 g/mol. The summed E-state index contributed by atoms with van der Waals surface area (Å²) in [6, 6.07) is 15.7. The highest BCUT2D eigenvalue weighted by atomic mass is 32.1. The van der Waals surface area contributed by atoms with Crippen LogP contribution in [0.2, 0.25) is 0 Å². The molecule has 0 spiro atoms. The lowest BCUT2D eigenvalue weighted by Crippen LogP contribution is -2.39. The Morgan fingerprint density at radius 3 is 2.48 bits per heavy atom. The normalized spacial score (nSPS) is 11.4. The number of nitrogens with one attached hydrogen (secondary N) is 2. The van der Waals surface area contributed by atoms with Crippen LogP contribution < -0.4 is 20.1 Å². The molecule has 1 unspecified atom stereocenters. The second-order valence-electron chi connectivity index (χ2n) is 5.30. The molecule has 0 fully saturated rings. The van der Waals surface area contributed by atoms with Gasteiger partial charge in [0.15, 0.2) is 5.11 Å². The molecule has 0 aromatic heterocycles. The van der Waals surface area contributed by atoms with Crippen LogP contribution >= 0.6 is 12.2 Å². The zero-order valence-electron chi connectivity index (χ0n) is 13.6. The first-order valence-corrected chi connectivity index (χ1v) is 7.89. The Bertz CT molecular complexity index is 644. The molecule has 5 heteroatoms. The third kappa shape index (κ3) is 5.45. The molecule has 23 heavy (non-hydrogen) atoms. The van der Waals surface area contributed by atoms with Gasteiger partial charge in [0.05, 0.1) is 13.2 Å². The summed E-state index contributed by atoms with van der Waals surface area (Å²) in [5.74, 6) is 1.71. The van der Waals surface area contributed by atoms with Crippen LogP contribution in [0, 0.1) is 6.92 Å². The van der Waals surface area contributed by atoms with Gasteiger partial charge in [0.1, 0.15) is 18.1 Å². The van der Waals surface area contributed by atoms with Gasteiger partial charge in [0.2, 0.25) is 0 Å². The molecule has 0 aliphatic carbocycles. The molecule has 0 amide bonds. The predicted octanol–water partition coefficient (Wildman–Crippen LogP) is 3.76. The highest BCUT2D eigenvalue weighted by molar-refractivity contribution is 7.80. The Morgan fingerprint density at radius 2 is 1.83 bits per heavy atom. The van der Waals surface area contributed by atoms with Crippen LogP contribution in [-0.4, -0.2) is 24.9 Å². The van der Waals surface area contributed by atoms with Gasteiger partial charge in [-0.1, -0.05) is 18.2 Å². The summed E-state index contributed by atoms with van der Waals surface area (Å²) < 4.78 is 10.9. The monoisotopic (exact) mass is 330 g/mol. The van der Waals surface area contributed by atoms with Crippen molar-refractivity contribution in [2.75, 3.05) is 19.0 Å². The summed E-state index contributed by atoms with van der Waals surface area (Å²) in [6.45, 7) is 4.60. The number of hydrogen-bond donors (Lipinski definition) is 2. The van der Waals surface area contributed by atoms with Crippen molar-refractivity contribution in [3.05, 3.63) is 54.1 Å². The van der Waals surface area contributed by atoms with E-state index in [1.165, 1.54) is 0 Å². The zero-order valence-corrected chi connectivity index (χ0v) is 14.4. The third-order valence-electron chi connectivity index (χ3n) is 3.31. The maximum atomic E-state index is 5.81. The average molecular weight is 330 g/mol. The van der Waals surface area contributed by atoms with Crippen molar-refractivity contribution in [3.8, 4) is 11.5 Å². The van der Waals surface area contributed by atoms with E-state index in [1.807, 2.05) is 62.4 Å². The van der Waals surface area contributed by atoms with Gasteiger partial charge in [-0.05, 0) is 62.0 Å². The first-order chi connectivity index (χ1) is 11.1. The molecule has 2 rings (SSSR count). The number of benzene rings is 2. The van der Waals surface area contributed by atoms with E-state index in [4.69, 9.17) is 21.7 Å². The van der Waals surface area contributed by atoms with Gasteiger partial charge >= 0.3 is 0 Å². The van der Waals surface area contributed by atoms with Crippen molar-refractivity contribution in [3.63, 3.8) is 0 Å². The van der Waals surface area contributed by atoms with E-state index in [0.717, 1.165) is 22.7 Å². The SMILES string of the molecule is COc1ccc(NC(=S)NC(C)COc2ccccc2C)cc1. The average Bonchev–Trinajstić information content (AvgIpc) is 2.54. The van der Waals surface area contributed by atoms with E-state index in [1.54, 1.807) is 7.11 Å². The van der Waals surface area contributed by atoms with Crippen molar-refractivity contribution in [1.29, 1.82) is 0 Å². The fourth-order valence-corrected chi connectivity index (χ4v) is 2.36. The fourth-order valence-electron chi connectivity index (χ4n) is 2.04. The number of hydrogen-bond acceptors (Lipinski definition) is 3. The Hall–Kier alpha value is -2.27. The van der Waals surface area contributed by atoms with Gasteiger partial charge < -0.3 is 20.1 Å². The van der Waals surface area contributed by atoms with E-state index in [-0.39, 0.29) is 6.04 Å². The first-order valence-electron chi connectivity index (χ1n) is 7.48. The Kier molecular flexibility index (Phi) is 6.23. The van der Waals surface area contributed by atoms with Crippen molar-refractivity contribution in [1.82, 2.24) is 5.32 Å². The van der Waals surface area contributed by atoms with Gasteiger partial charge in [0, 0.05) is 5.69 Å². The van der Waals surface area contributed by atoms with Crippen molar-refractivity contribution in [2.24, 2.45) is 0 Å². The van der Waals surface area contributed by atoms with Crippen LogP contribution in [0.15, 0.2) is 48.5 Å². The number of aryl methyl sites for hydroxylation is 1. The summed E-state index contributed by atoms with van der Waals surface area (Å²) in [5, 5.41) is 6.92. The largest absolute Gasteiger partial charge is 0.497 e. The van der Waals surface area contributed by atoms with E-state index < -0.39 is 0 Å². The lowest BCUT2D eigenvalue weighted by molar-refractivity contribution is 0.285. The Balaban J connectivity index is 1.79. The van der Waals surface area contributed by atoms with Crippen molar-refractivity contribution < 1.29 is 9.47 Å². The van der Waals surface area contributed by atoms with Gasteiger partial charge in [-0.25, -0.2) is 0 Å². The molecule has 0 radical (unpaired) electrons. The third-order valence-corrected chi connectivity index (χ3v) is 3.53. The quantitative estimate of drug-likeness (QED) is 0.790. The summed E-state index contributed by atoms with van der Waals surface area (Å²) in [5.41, 5.74) is 2.04. The smallest absolute Gasteiger partial charge is 0.171 e. The van der Waals surface area contributed by atoms with Crippen molar-refractivity contribution >= 4 is 23.0 Å². The molecule has 122 valence electrons. The van der Waals surface area contributed by atoms with Gasteiger partial charge in [0.25, 0.3) is 0 Å². The van der Waals surface area contributed by atoms with Gasteiger partial charge in [-0.3, -0.25) is 0 Å². The number of para-hydroxylation sites is 1. The second kappa shape index (κ2) is 8.39. The van der Waals surface area contributed by atoms with Crippen LogP contribution in [0.3, 0.4) is 0 Å². The van der Waals surface area contributed by atoms with Crippen LogP contribution in [0.4, 0.5) is 5.69 Å². The Morgan fingerprint density at radius 1 is 1.13 bits per heavy atom. The highest BCUT2D eigenvalue weighted by Gasteiger charge is 2.07. The summed E-state index contributed by atoms with van der Waals surface area (Å²) >= 11 is 5.32. The standard InChI is InChI=1S/C18H22N2O2S/c1-13-6-4-5-7-17(13)22-12-14(2)19-18(23)20-15-8-10-16(21-3)11-9-15/h4-11,14H,12H2,1-3H3,(H2,19,20,23). The van der Waals surface area contributed by atoms with Crippen LogP contribution in [0.25, 0.3) is 0 Å². The molecule has 0 saturated carbocycles. The maximum Gasteiger partial charge on any atom is 0.171 e. The van der Waals surface area contributed by atoms with Crippen LogP contribution in [0.5, 0.6) is 11.5 Å². The van der Waals surface area contributed by atoms with Gasteiger partial charge in [-0.2, -0.15) is 0 Å².